The van der Waals surface area contributed by atoms with Gasteiger partial charge in [-0.1, -0.05) is 15.9 Å². The first kappa shape index (κ1) is 15.5. The van der Waals surface area contributed by atoms with E-state index in [4.69, 9.17) is 10.8 Å². The molecule has 0 bridgehead atoms. The van der Waals surface area contributed by atoms with Crippen LogP contribution in [0.1, 0.15) is 37.0 Å². The summed E-state index contributed by atoms with van der Waals surface area (Å²) in [6.07, 6.45) is 0.493. The summed E-state index contributed by atoms with van der Waals surface area (Å²) in [5, 5.41) is 11.9. The zero-order valence-electron chi connectivity index (χ0n) is 10.9. The Labute approximate surface area is 120 Å². The molecule has 19 heavy (non-hydrogen) atoms. The number of carbonyl (C=O) groups excluding carboxylic acids is 1. The van der Waals surface area contributed by atoms with Crippen LogP contribution in [-0.4, -0.2) is 22.5 Å². The van der Waals surface area contributed by atoms with Crippen molar-refractivity contribution in [2.24, 2.45) is 5.73 Å². The Balaban J connectivity index is 2.94. The van der Waals surface area contributed by atoms with Gasteiger partial charge in [0.05, 0.1) is 5.56 Å². The van der Waals surface area contributed by atoms with Gasteiger partial charge in [0, 0.05) is 22.1 Å². The second kappa shape index (κ2) is 6.06. The van der Waals surface area contributed by atoms with Crippen LogP contribution in [0.25, 0.3) is 0 Å². The molecule has 1 rings (SSSR count). The lowest BCUT2D eigenvalue weighted by Crippen LogP contribution is -2.32. The normalized spacial score (nSPS) is 11.1. The van der Waals surface area contributed by atoms with E-state index in [9.17, 15) is 9.59 Å². The van der Waals surface area contributed by atoms with E-state index in [1.807, 2.05) is 13.8 Å². The lowest BCUT2D eigenvalue weighted by Gasteiger charge is -2.28. The van der Waals surface area contributed by atoms with E-state index >= 15 is 0 Å². The number of rotatable bonds is 6. The van der Waals surface area contributed by atoms with Crippen molar-refractivity contribution in [3.63, 3.8) is 0 Å². The van der Waals surface area contributed by atoms with Crippen molar-refractivity contribution in [1.29, 1.82) is 0 Å². The highest BCUT2D eigenvalue weighted by Crippen LogP contribution is 2.26. The van der Waals surface area contributed by atoms with Crippen LogP contribution in [0.5, 0.6) is 0 Å². The fourth-order valence-electron chi connectivity index (χ4n) is 1.68. The average Bonchev–Trinajstić information content (AvgIpc) is 2.25. The number of hydrogen-bond donors (Lipinski definition) is 3. The van der Waals surface area contributed by atoms with Gasteiger partial charge < -0.3 is 16.2 Å². The third-order valence-corrected chi connectivity index (χ3v) is 3.18. The van der Waals surface area contributed by atoms with Crippen LogP contribution < -0.4 is 11.1 Å². The molecule has 0 aliphatic carbocycles. The minimum Gasteiger partial charge on any atom is -0.481 e. The summed E-state index contributed by atoms with van der Waals surface area (Å²) in [7, 11) is 0. The molecule has 0 aliphatic heterocycles. The van der Waals surface area contributed by atoms with Crippen LogP contribution in [0.15, 0.2) is 22.7 Å². The lowest BCUT2D eigenvalue weighted by molar-refractivity contribution is -0.137. The molecule has 0 fully saturated rings. The van der Waals surface area contributed by atoms with Gasteiger partial charge in [-0.2, -0.15) is 0 Å². The number of anilines is 1. The van der Waals surface area contributed by atoms with E-state index in [1.165, 1.54) is 0 Å². The zero-order chi connectivity index (χ0) is 14.6. The number of carboxylic acids is 1. The topological polar surface area (TPSA) is 92.4 Å². The largest absolute Gasteiger partial charge is 0.481 e. The van der Waals surface area contributed by atoms with Crippen LogP contribution in [-0.2, 0) is 4.79 Å². The molecule has 1 amide bonds. The maximum Gasteiger partial charge on any atom is 0.303 e. The van der Waals surface area contributed by atoms with Crippen molar-refractivity contribution in [2.75, 3.05) is 5.32 Å². The van der Waals surface area contributed by atoms with E-state index in [-0.39, 0.29) is 6.42 Å². The maximum absolute atomic E-state index is 11.4. The quantitative estimate of drug-likeness (QED) is 0.748. The van der Waals surface area contributed by atoms with Gasteiger partial charge in [-0.3, -0.25) is 9.59 Å². The number of benzene rings is 1. The number of carboxylic acid groups (broad SMARTS) is 1. The van der Waals surface area contributed by atoms with Gasteiger partial charge in [0.2, 0.25) is 0 Å². The van der Waals surface area contributed by atoms with Crippen LogP contribution in [0.3, 0.4) is 0 Å². The molecule has 0 saturated carbocycles. The first-order valence-electron chi connectivity index (χ1n) is 5.80. The standard InChI is InChI=1S/C13H17BrN2O3/c1-13(2,6-5-11(17)18)16-10-7-8(14)3-4-9(10)12(15)19/h3-4,7,16H,5-6H2,1-2H3,(H2,15,19)(H,17,18). The zero-order valence-corrected chi connectivity index (χ0v) is 12.5. The van der Waals surface area contributed by atoms with Crippen molar-refractivity contribution in [3.05, 3.63) is 28.2 Å². The molecule has 0 radical (unpaired) electrons. The first-order valence-corrected chi connectivity index (χ1v) is 6.60. The molecule has 0 aliphatic rings. The SMILES string of the molecule is CC(C)(CCC(=O)O)Nc1cc(Br)ccc1C(N)=O. The van der Waals surface area contributed by atoms with E-state index in [0.29, 0.717) is 17.7 Å². The second-order valence-corrected chi connectivity index (χ2v) is 5.87. The number of primary amides is 1. The molecule has 1 aromatic carbocycles. The van der Waals surface area contributed by atoms with Crippen LogP contribution in [0, 0.1) is 0 Å². The van der Waals surface area contributed by atoms with Gasteiger partial charge >= 0.3 is 5.97 Å². The fourth-order valence-corrected chi connectivity index (χ4v) is 2.04. The number of nitrogens with two attached hydrogens (primary N) is 1. The number of aliphatic carboxylic acids is 1. The molecular formula is C13H17BrN2O3. The summed E-state index contributed by atoms with van der Waals surface area (Å²) in [5.41, 5.74) is 5.84. The second-order valence-electron chi connectivity index (χ2n) is 4.96. The van der Waals surface area contributed by atoms with E-state index in [1.54, 1.807) is 18.2 Å². The van der Waals surface area contributed by atoms with E-state index in [0.717, 1.165) is 4.47 Å². The van der Waals surface area contributed by atoms with Crippen LogP contribution in [0.2, 0.25) is 0 Å². The Morgan fingerprint density at radius 2 is 2.05 bits per heavy atom. The van der Waals surface area contributed by atoms with Crippen LogP contribution >= 0.6 is 15.9 Å². The summed E-state index contributed by atoms with van der Waals surface area (Å²) in [6, 6.07) is 5.11. The predicted octanol–water partition coefficient (Wildman–Crippen LogP) is 2.60. The number of carbonyl (C=O) groups is 2. The van der Waals surface area contributed by atoms with E-state index in [2.05, 4.69) is 21.2 Å². The average molecular weight is 329 g/mol. The van der Waals surface area contributed by atoms with Crippen molar-refractivity contribution < 1.29 is 14.7 Å². The summed E-state index contributed by atoms with van der Waals surface area (Å²) in [6.45, 7) is 3.75. The number of hydrogen-bond acceptors (Lipinski definition) is 3. The molecule has 5 nitrogen and oxygen atoms in total. The van der Waals surface area contributed by atoms with Gasteiger partial charge in [-0.05, 0) is 38.5 Å². The number of halogens is 1. The molecule has 0 unspecified atom stereocenters. The maximum atomic E-state index is 11.4. The van der Waals surface area contributed by atoms with Gasteiger partial charge in [-0.15, -0.1) is 0 Å². The predicted molar refractivity (Wildman–Crippen MR) is 77.2 cm³/mol. The number of amides is 1. The van der Waals surface area contributed by atoms with Gasteiger partial charge in [-0.25, -0.2) is 0 Å². The van der Waals surface area contributed by atoms with Crippen LogP contribution in [0.4, 0.5) is 5.69 Å². The Morgan fingerprint density at radius 1 is 1.42 bits per heavy atom. The molecule has 6 heteroatoms. The Kier molecular flexibility index (Phi) is 4.94. The fraction of sp³-hybridized carbons (Fsp3) is 0.385. The molecule has 0 spiro atoms. The number of nitrogens with one attached hydrogen (secondary N) is 1. The Hall–Kier alpha value is -1.56. The van der Waals surface area contributed by atoms with Crippen molar-refractivity contribution >= 4 is 33.5 Å². The molecule has 0 saturated heterocycles. The molecule has 1 aromatic rings. The van der Waals surface area contributed by atoms with Crippen molar-refractivity contribution in [2.45, 2.75) is 32.2 Å². The molecule has 4 N–H and O–H groups in total. The van der Waals surface area contributed by atoms with Gasteiger partial charge in [0.1, 0.15) is 0 Å². The molecule has 104 valence electrons. The third-order valence-electron chi connectivity index (χ3n) is 2.68. The Morgan fingerprint density at radius 3 is 2.58 bits per heavy atom. The summed E-state index contributed by atoms with van der Waals surface area (Å²) in [4.78, 5) is 22.0. The molecule has 0 atom stereocenters. The molecular weight excluding hydrogens is 312 g/mol. The highest BCUT2D eigenvalue weighted by molar-refractivity contribution is 9.10. The highest BCUT2D eigenvalue weighted by Gasteiger charge is 2.21. The summed E-state index contributed by atoms with van der Waals surface area (Å²) < 4.78 is 0.814. The third kappa shape index (κ3) is 4.90. The lowest BCUT2D eigenvalue weighted by atomic mass is 9.97. The van der Waals surface area contributed by atoms with Crippen molar-refractivity contribution in [3.8, 4) is 0 Å². The molecule has 0 aromatic heterocycles. The van der Waals surface area contributed by atoms with Crippen molar-refractivity contribution in [1.82, 2.24) is 0 Å². The van der Waals surface area contributed by atoms with Gasteiger partial charge in [0.25, 0.3) is 5.91 Å². The minimum atomic E-state index is -0.848. The Bertz CT molecular complexity index is 501. The first-order chi connectivity index (χ1) is 8.71. The molecule has 0 heterocycles. The summed E-state index contributed by atoms with van der Waals surface area (Å²) >= 11 is 3.33. The smallest absolute Gasteiger partial charge is 0.303 e. The summed E-state index contributed by atoms with van der Waals surface area (Å²) in [5.74, 6) is -1.37. The highest BCUT2D eigenvalue weighted by atomic mass is 79.9. The van der Waals surface area contributed by atoms with E-state index < -0.39 is 17.4 Å². The monoisotopic (exact) mass is 328 g/mol. The van der Waals surface area contributed by atoms with Gasteiger partial charge in [0.15, 0.2) is 0 Å². The minimum absolute atomic E-state index is 0.0555.